The lowest BCUT2D eigenvalue weighted by Crippen LogP contribution is -2.19. The van der Waals surface area contributed by atoms with Crippen molar-refractivity contribution in [1.29, 1.82) is 0 Å². The molecular formula is C15H18Cl2N4. The van der Waals surface area contributed by atoms with Gasteiger partial charge in [0.1, 0.15) is 11.6 Å². The van der Waals surface area contributed by atoms with Crippen LogP contribution >= 0.6 is 23.2 Å². The molecule has 0 amide bonds. The molecule has 2 rings (SSSR count). The van der Waals surface area contributed by atoms with Crippen LogP contribution in [0.15, 0.2) is 30.5 Å². The molecular weight excluding hydrogens is 307 g/mol. The van der Waals surface area contributed by atoms with Gasteiger partial charge in [-0.25, -0.2) is 4.98 Å². The van der Waals surface area contributed by atoms with Gasteiger partial charge in [-0.2, -0.15) is 0 Å². The van der Waals surface area contributed by atoms with Gasteiger partial charge in [-0.15, -0.1) is 0 Å². The van der Waals surface area contributed by atoms with E-state index < -0.39 is 0 Å². The second-order valence-corrected chi connectivity index (χ2v) is 5.54. The van der Waals surface area contributed by atoms with E-state index in [1.54, 1.807) is 12.3 Å². The Balaban J connectivity index is 2.21. The average molecular weight is 325 g/mol. The monoisotopic (exact) mass is 324 g/mol. The number of hydrogen-bond acceptors (Lipinski definition) is 4. The SMILES string of the molecule is CCCNc1nc(N(C)Cc2ccccn2)c(Cl)cc1Cl. The molecule has 0 bridgehead atoms. The van der Waals surface area contributed by atoms with Crippen LogP contribution in [0.3, 0.4) is 0 Å². The Hall–Kier alpha value is -1.52. The Morgan fingerprint density at radius 3 is 2.71 bits per heavy atom. The van der Waals surface area contributed by atoms with E-state index in [-0.39, 0.29) is 0 Å². The molecule has 0 fully saturated rings. The maximum atomic E-state index is 6.26. The van der Waals surface area contributed by atoms with E-state index in [4.69, 9.17) is 23.2 Å². The number of nitrogens with zero attached hydrogens (tertiary/aromatic N) is 3. The van der Waals surface area contributed by atoms with Crippen molar-refractivity contribution >= 4 is 34.8 Å². The van der Waals surface area contributed by atoms with E-state index in [1.807, 2.05) is 30.1 Å². The smallest absolute Gasteiger partial charge is 0.150 e. The Kier molecular flexibility index (Phi) is 5.65. The topological polar surface area (TPSA) is 41.1 Å². The highest BCUT2D eigenvalue weighted by molar-refractivity contribution is 6.37. The molecule has 112 valence electrons. The lowest BCUT2D eigenvalue weighted by molar-refractivity contribution is 0.864. The molecule has 0 aliphatic carbocycles. The van der Waals surface area contributed by atoms with E-state index in [0.717, 1.165) is 18.7 Å². The standard InChI is InChI=1S/C15H18Cl2N4/c1-3-7-19-14-12(16)9-13(17)15(20-14)21(2)10-11-6-4-5-8-18-11/h4-6,8-9H,3,7,10H2,1-2H3,(H,19,20). The normalized spacial score (nSPS) is 10.5. The molecule has 4 nitrogen and oxygen atoms in total. The van der Waals surface area contributed by atoms with Crippen molar-refractivity contribution in [3.63, 3.8) is 0 Å². The lowest BCUT2D eigenvalue weighted by Gasteiger charge is -2.20. The predicted octanol–water partition coefficient (Wildman–Crippen LogP) is 4.24. The van der Waals surface area contributed by atoms with Gasteiger partial charge < -0.3 is 10.2 Å². The van der Waals surface area contributed by atoms with Crippen molar-refractivity contribution < 1.29 is 0 Å². The third kappa shape index (κ3) is 4.22. The summed E-state index contributed by atoms with van der Waals surface area (Å²) in [6.07, 6.45) is 2.77. The molecule has 0 atom stereocenters. The fourth-order valence-corrected chi connectivity index (χ4v) is 2.47. The molecule has 0 aliphatic rings. The minimum atomic E-state index is 0.528. The van der Waals surface area contributed by atoms with E-state index in [2.05, 4.69) is 22.2 Å². The molecule has 0 aromatic carbocycles. The fourth-order valence-electron chi connectivity index (χ4n) is 1.90. The van der Waals surface area contributed by atoms with Crippen LogP contribution in [0.1, 0.15) is 19.0 Å². The summed E-state index contributed by atoms with van der Waals surface area (Å²) < 4.78 is 0. The second-order valence-electron chi connectivity index (χ2n) is 4.73. The summed E-state index contributed by atoms with van der Waals surface area (Å²) >= 11 is 12.4. The molecule has 2 heterocycles. The molecule has 2 aromatic rings. The largest absolute Gasteiger partial charge is 0.369 e. The van der Waals surface area contributed by atoms with Gasteiger partial charge in [-0.1, -0.05) is 36.2 Å². The molecule has 0 saturated carbocycles. The Morgan fingerprint density at radius 2 is 2.05 bits per heavy atom. The van der Waals surface area contributed by atoms with Crippen LogP contribution in [-0.2, 0) is 6.54 Å². The van der Waals surface area contributed by atoms with Crippen molar-refractivity contribution in [1.82, 2.24) is 9.97 Å². The summed E-state index contributed by atoms with van der Waals surface area (Å²) in [6, 6.07) is 7.54. The highest BCUT2D eigenvalue weighted by Crippen LogP contribution is 2.31. The van der Waals surface area contributed by atoms with E-state index in [1.165, 1.54) is 0 Å². The predicted molar refractivity (Wildman–Crippen MR) is 89.4 cm³/mol. The summed E-state index contributed by atoms with van der Waals surface area (Å²) in [5.74, 6) is 1.34. The van der Waals surface area contributed by atoms with Crippen molar-refractivity contribution in [2.45, 2.75) is 19.9 Å². The summed E-state index contributed by atoms with van der Waals surface area (Å²) in [7, 11) is 1.93. The Morgan fingerprint density at radius 1 is 1.24 bits per heavy atom. The van der Waals surface area contributed by atoms with Gasteiger partial charge in [-0.05, 0) is 24.6 Å². The summed E-state index contributed by atoms with van der Waals surface area (Å²) in [5, 5.41) is 4.26. The molecule has 6 heteroatoms. The van der Waals surface area contributed by atoms with Gasteiger partial charge in [0.15, 0.2) is 0 Å². The van der Waals surface area contributed by atoms with E-state index in [9.17, 15) is 0 Å². The summed E-state index contributed by atoms with van der Waals surface area (Å²) in [5.41, 5.74) is 0.955. The zero-order valence-electron chi connectivity index (χ0n) is 12.1. The van der Waals surface area contributed by atoms with E-state index in [0.29, 0.717) is 28.2 Å². The van der Waals surface area contributed by atoms with Crippen LogP contribution in [0.25, 0.3) is 0 Å². The highest BCUT2D eigenvalue weighted by atomic mass is 35.5. The molecule has 21 heavy (non-hydrogen) atoms. The maximum Gasteiger partial charge on any atom is 0.150 e. The average Bonchev–Trinajstić information content (AvgIpc) is 2.47. The van der Waals surface area contributed by atoms with Crippen LogP contribution in [0.5, 0.6) is 0 Å². The van der Waals surface area contributed by atoms with Crippen LogP contribution in [0.2, 0.25) is 10.0 Å². The third-order valence-electron chi connectivity index (χ3n) is 2.94. The van der Waals surface area contributed by atoms with Crippen LogP contribution < -0.4 is 10.2 Å². The first-order valence-corrected chi connectivity index (χ1v) is 7.58. The van der Waals surface area contributed by atoms with Gasteiger partial charge in [0.05, 0.1) is 22.3 Å². The number of rotatable bonds is 6. The molecule has 2 aromatic heterocycles. The van der Waals surface area contributed by atoms with E-state index >= 15 is 0 Å². The highest BCUT2D eigenvalue weighted by Gasteiger charge is 2.13. The Labute approximate surface area is 135 Å². The summed E-state index contributed by atoms with van der Waals surface area (Å²) in [6.45, 7) is 3.53. The quantitative estimate of drug-likeness (QED) is 0.862. The number of halogens is 2. The number of anilines is 2. The first kappa shape index (κ1) is 15.9. The van der Waals surface area contributed by atoms with Crippen LogP contribution in [0.4, 0.5) is 11.6 Å². The Bertz CT molecular complexity index is 590. The van der Waals surface area contributed by atoms with Gasteiger partial charge in [0.25, 0.3) is 0 Å². The minimum Gasteiger partial charge on any atom is -0.369 e. The van der Waals surface area contributed by atoms with Gasteiger partial charge in [0.2, 0.25) is 0 Å². The fraction of sp³-hybridized carbons (Fsp3) is 0.333. The van der Waals surface area contributed by atoms with Crippen LogP contribution in [-0.4, -0.2) is 23.6 Å². The van der Waals surface area contributed by atoms with Gasteiger partial charge >= 0.3 is 0 Å². The van der Waals surface area contributed by atoms with Crippen molar-refractivity contribution in [3.8, 4) is 0 Å². The summed E-state index contributed by atoms with van der Waals surface area (Å²) in [4.78, 5) is 10.8. The van der Waals surface area contributed by atoms with Crippen LogP contribution in [0, 0.1) is 0 Å². The zero-order valence-corrected chi connectivity index (χ0v) is 13.6. The molecule has 1 N–H and O–H groups in total. The zero-order chi connectivity index (χ0) is 15.2. The first-order valence-electron chi connectivity index (χ1n) is 6.82. The second kappa shape index (κ2) is 7.48. The molecule has 0 spiro atoms. The first-order chi connectivity index (χ1) is 10.1. The maximum absolute atomic E-state index is 6.26. The molecule has 0 unspecified atom stereocenters. The minimum absolute atomic E-state index is 0.528. The molecule has 0 aliphatic heterocycles. The number of nitrogens with one attached hydrogen (secondary N) is 1. The number of hydrogen-bond donors (Lipinski definition) is 1. The van der Waals surface area contributed by atoms with Gasteiger partial charge in [0, 0.05) is 19.8 Å². The number of pyridine rings is 2. The van der Waals surface area contributed by atoms with Crippen molar-refractivity contribution in [2.24, 2.45) is 0 Å². The van der Waals surface area contributed by atoms with Gasteiger partial charge in [-0.3, -0.25) is 4.98 Å². The van der Waals surface area contributed by atoms with Crippen molar-refractivity contribution in [2.75, 3.05) is 23.8 Å². The molecule has 0 radical (unpaired) electrons. The molecule has 0 saturated heterocycles. The number of aromatic nitrogens is 2. The lowest BCUT2D eigenvalue weighted by atomic mass is 10.3. The third-order valence-corrected chi connectivity index (χ3v) is 3.51. The van der Waals surface area contributed by atoms with Crippen molar-refractivity contribution in [3.05, 3.63) is 46.2 Å².